The fourth-order valence-electron chi connectivity index (χ4n) is 1.60. The second kappa shape index (κ2) is 4.96. The fourth-order valence-corrected chi connectivity index (χ4v) is 1.60. The minimum absolute atomic E-state index is 0.184. The van der Waals surface area contributed by atoms with Crippen LogP contribution in [-0.4, -0.2) is 17.9 Å². The van der Waals surface area contributed by atoms with Crippen molar-refractivity contribution >= 4 is 5.78 Å². The highest BCUT2D eigenvalue weighted by molar-refractivity contribution is 6.09. The molecule has 0 bridgehead atoms. The molecule has 0 aliphatic heterocycles. The quantitative estimate of drug-likeness (QED) is 0.780. The molecule has 0 unspecified atom stereocenters. The van der Waals surface area contributed by atoms with Crippen molar-refractivity contribution in [2.75, 3.05) is 7.11 Å². The summed E-state index contributed by atoms with van der Waals surface area (Å²) in [6.45, 7) is 1.64. The van der Waals surface area contributed by atoms with Gasteiger partial charge in [-0.05, 0) is 30.7 Å². The molecule has 0 atom stereocenters. The van der Waals surface area contributed by atoms with E-state index in [2.05, 4.69) is 4.98 Å². The molecular weight excluding hydrogens is 233 g/mol. The summed E-state index contributed by atoms with van der Waals surface area (Å²) >= 11 is 0. The van der Waals surface area contributed by atoms with Crippen LogP contribution in [0.1, 0.15) is 21.6 Å². The Hall–Kier alpha value is -2.23. The van der Waals surface area contributed by atoms with Crippen LogP contribution in [0.2, 0.25) is 0 Å². The highest BCUT2D eigenvalue weighted by atomic mass is 19.1. The minimum atomic E-state index is -0.407. The van der Waals surface area contributed by atoms with E-state index in [0.29, 0.717) is 11.3 Å². The Bertz CT molecular complexity index is 596. The van der Waals surface area contributed by atoms with E-state index in [1.54, 1.807) is 31.2 Å². The Morgan fingerprint density at radius 2 is 2.11 bits per heavy atom. The summed E-state index contributed by atoms with van der Waals surface area (Å²) in [5.74, 6) is -0.384. The Morgan fingerprint density at radius 3 is 2.78 bits per heavy atom. The molecule has 92 valence electrons. The molecule has 0 spiro atoms. The lowest BCUT2D eigenvalue weighted by Crippen LogP contribution is -2.07. The molecule has 2 aromatic rings. The van der Waals surface area contributed by atoms with Crippen molar-refractivity contribution in [1.82, 2.24) is 4.98 Å². The first kappa shape index (κ1) is 12.2. The van der Waals surface area contributed by atoms with E-state index in [-0.39, 0.29) is 17.0 Å². The maximum Gasteiger partial charge on any atom is 0.215 e. The molecule has 0 fully saturated rings. The molecule has 0 saturated carbocycles. The highest BCUT2D eigenvalue weighted by Crippen LogP contribution is 2.19. The zero-order valence-corrected chi connectivity index (χ0v) is 10.1. The standard InChI is InChI=1S/C14H12FNO2/c1-9-5-6-10(8-11(9)15)14(17)13-12(18-2)4-3-7-16-13/h3-8H,1-2H3. The molecule has 0 amide bonds. The smallest absolute Gasteiger partial charge is 0.215 e. The van der Waals surface area contributed by atoms with Gasteiger partial charge in [0.25, 0.3) is 0 Å². The number of ether oxygens (including phenoxy) is 1. The Labute approximate surface area is 104 Å². The average molecular weight is 245 g/mol. The highest BCUT2D eigenvalue weighted by Gasteiger charge is 2.16. The van der Waals surface area contributed by atoms with Crippen LogP contribution in [-0.2, 0) is 0 Å². The Balaban J connectivity index is 2.44. The largest absolute Gasteiger partial charge is 0.494 e. The molecule has 0 N–H and O–H groups in total. The van der Waals surface area contributed by atoms with Crippen molar-refractivity contribution in [3.05, 3.63) is 59.2 Å². The first-order chi connectivity index (χ1) is 8.63. The lowest BCUT2D eigenvalue weighted by Gasteiger charge is -2.06. The van der Waals surface area contributed by atoms with Gasteiger partial charge in [0.1, 0.15) is 11.6 Å². The van der Waals surface area contributed by atoms with Gasteiger partial charge in [-0.15, -0.1) is 0 Å². The zero-order chi connectivity index (χ0) is 13.1. The molecule has 0 saturated heterocycles. The van der Waals surface area contributed by atoms with Crippen LogP contribution < -0.4 is 4.74 Å². The summed E-state index contributed by atoms with van der Waals surface area (Å²) in [5.41, 5.74) is 0.942. The van der Waals surface area contributed by atoms with Gasteiger partial charge in [0.2, 0.25) is 5.78 Å². The fraction of sp³-hybridized carbons (Fsp3) is 0.143. The molecule has 1 aromatic heterocycles. The number of carbonyl (C=O) groups excluding carboxylic acids is 1. The zero-order valence-electron chi connectivity index (χ0n) is 10.1. The number of methoxy groups -OCH3 is 1. The van der Waals surface area contributed by atoms with Gasteiger partial charge >= 0.3 is 0 Å². The lowest BCUT2D eigenvalue weighted by atomic mass is 10.0. The van der Waals surface area contributed by atoms with Crippen LogP contribution in [0, 0.1) is 12.7 Å². The number of aromatic nitrogens is 1. The summed E-state index contributed by atoms with van der Waals surface area (Å²) in [5, 5.41) is 0. The lowest BCUT2D eigenvalue weighted by molar-refractivity contribution is 0.103. The van der Waals surface area contributed by atoms with Gasteiger partial charge < -0.3 is 4.74 Å². The predicted molar refractivity (Wildman–Crippen MR) is 65.4 cm³/mol. The number of pyridine rings is 1. The Kier molecular flexibility index (Phi) is 3.37. The van der Waals surface area contributed by atoms with E-state index in [1.165, 1.54) is 19.4 Å². The Morgan fingerprint density at radius 1 is 1.33 bits per heavy atom. The van der Waals surface area contributed by atoms with Gasteiger partial charge in [-0.3, -0.25) is 4.79 Å². The maximum absolute atomic E-state index is 13.4. The van der Waals surface area contributed by atoms with Crippen molar-refractivity contribution in [2.45, 2.75) is 6.92 Å². The maximum atomic E-state index is 13.4. The van der Waals surface area contributed by atoms with E-state index in [1.807, 2.05) is 0 Å². The number of aryl methyl sites for hydroxylation is 1. The van der Waals surface area contributed by atoms with Crippen LogP contribution >= 0.6 is 0 Å². The second-order valence-electron chi connectivity index (χ2n) is 3.85. The van der Waals surface area contributed by atoms with Crippen molar-refractivity contribution in [3.8, 4) is 5.75 Å². The number of rotatable bonds is 3. The van der Waals surface area contributed by atoms with Gasteiger partial charge in [-0.1, -0.05) is 12.1 Å². The molecule has 0 radical (unpaired) electrons. The van der Waals surface area contributed by atoms with Crippen molar-refractivity contribution in [1.29, 1.82) is 0 Å². The third-order valence-electron chi connectivity index (χ3n) is 2.64. The summed E-state index contributed by atoms with van der Waals surface area (Å²) in [7, 11) is 1.46. The number of ketones is 1. The molecule has 18 heavy (non-hydrogen) atoms. The van der Waals surface area contributed by atoms with Gasteiger partial charge in [-0.25, -0.2) is 9.37 Å². The van der Waals surface area contributed by atoms with Gasteiger partial charge in [-0.2, -0.15) is 0 Å². The number of benzene rings is 1. The SMILES string of the molecule is COc1cccnc1C(=O)c1ccc(C)c(F)c1. The van der Waals surface area contributed by atoms with Gasteiger partial charge in [0.05, 0.1) is 7.11 Å². The second-order valence-corrected chi connectivity index (χ2v) is 3.85. The first-order valence-electron chi connectivity index (χ1n) is 5.43. The molecule has 4 heteroatoms. The van der Waals surface area contributed by atoms with Crippen molar-refractivity contribution in [2.24, 2.45) is 0 Å². The number of nitrogens with zero attached hydrogens (tertiary/aromatic N) is 1. The molecule has 0 aliphatic rings. The van der Waals surface area contributed by atoms with Crippen LogP contribution in [0.4, 0.5) is 4.39 Å². The van der Waals surface area contributed by atoms with Crippen LogP contribution in [0.5, 0.6) is 5.75 Å². The summed E-state index contributed by atoms with van der Waals surface area (Å²) in [6, 6.07) is 7.68. The first-order valence-corrected chi connectivity index (χ1v) is 5.43. The number of carbonyl (C=O) groups is 1. The number of hydrogen-bond acceptors (Lipinski definition) is 3. The molecule has 1 heterocycles. The van der Waals surface area contributed by atoms with Crippen LogP contribution in [0.15, 0.2) is 36.5 Å². The van der Waals surface area contributed by atoms with E-state index in [0.717, 1.165) is 0 Å². The summed E-state index contributed by atoms with van der Waals surface area (Å²) in [6.07, 6.45) is 1.50. The third kappa shape index (κ3) is 2.22. The topological polar surface area (TPSA) is 39.2 Å². The molecule has 2 rings (SSSR count). The molecule has 1 aromatic carbocycles. The van der Waals surface area contributed by atoms with Crippen LogP contribution in [0.25, 0.3) is 0 Å². The average Bonchev–Trinajstić information content (AvgIpc) is 2.41. The van der Waals surface area contributed by atoms with Crippen LogP contribution in [0.3, 0.4) is 0 Å². The number of halogens is 1. The van der Waals surface area contributed by atoms with E-state index >= 15 is 0 Å². The predicted octanol–water partition coefficient (Wildman–Crippen LogP) is 2.77. The molecule has 0 aliphatic carbocycles. The normalized spacial score (nSPS) is 10.2. The van der Waals surface area contributed by atoms with E-state index < -0.39 is 5.82 Å². The van der Waals surface area contributed by atoms with Crippen molar-refractivity contribution < 1.29 is 13.9 Å². The van der Waals surface area contributed by atoms with E-state index in [9.17, 15) is 9.18 Å². The molecule has 3 nitrogen and oxygen atoms in total. The minimum Gasteiger partial charge on any atom is -0.494 e. The van der Waals surface area contributed by atoms with Gasteiger partial charge in [0.15, 0.2) is 5.69 Å². The number of hydrogen-bond donors (Lipinski definition) is 0. The van der Waals surface area contributed by atoms with Crippen molar-refractivity contribution in [3.63, 3.8) is 0 Å². The third-order valence-corrected chi connectivity index (χ3v) is 2.64. The van der Waals surface area contributed by atoms with E-state index in [4.69, 9.17) is 4.74 Å². The summed E-state index contributed by atoms with van der Waals surface area (Å²) < 4.78 is 18.5. The summed E-state index contributed by atoms with van der Waals surface area (Å²) in [4.78, 5) is 16.2. The van der Waals surface area contributed by atoms with Gasteiger partial charge in [0, 0.05) is 11.8 Å². The molecular formula is C14H12FNO2. The monoisotopic (exact) mass is 245 g/mol.